The molecule has 1 saturated heterocycles. The fourth-order valence-corrected chi connectivity index (χ4v) is 2.98. The second-order valence-corrected chi connectivity index (χ2v) is 6.47. The second-order valence-electron chi connectivity index (χ2n) is 6.03. The van der Waals surface area contributed by atoms with E-state index in [1.54, 1.807) is 29.2 Å². The maximum atomic E-state index is 12.2. The lowest BCUT2D eigenvalue weighted by molar-refractivity contribution is -0.117. The summed E-state index contributed by atoms with van der Waals surface area (Å²) in [5.41, 5.74) is 2.73. The molecule has 1 fully saturated rings. The largest absolute Gasteiger partial charge is 0.333 e. The molecule has 1 aliphatic heterocycles. The van der Waals surface area contributed by atoms with Gasteiger partial charge in [-0.05, 0) is 48.4 Å². The Labute approximate surface area is 152 Å². The number of hydrogen-bond donors (Lipinski definition) is 2. The number of carbonyl (C=O) groups is 2. The summed E-state index contributed by atoms with van der Waals surface area (Å²) in [6.07, 6.45) is 1.24. The van der Waals surface area contributed by atoms with Gasteiger partial charge in [0.15, 0.2) is 0 Å². The third-order valence-electron chi connectivity index (χ3n) is 4.22. The van der Waals surface area contributed by atoms with Gasteiger partial charge in [-0.25, -0.2) is 4.79 Å². The van der Waals surface area contributed by atoms with E-state index < -0.39 is 0 Å². The Hall–Kier alpha value is -2.53. The number of hydrogen-bond acceptors (Lipinski definition) is 2. The van der Waals surface area contributed by atoms with Crippen molar-refractivity contribution in [2.45, 2.75) is 25.8 Å². The molecule has 1 aliphatic rings. The maximum absolute atomic E-state index is 12.2. The predicted octanol–water partition coefficient (Wildman–Crippen LogP) is 3.83. The molecule has 130 valence electrons. The van der Waals surface area contributed by atoms with Crippen molar-refractivity contribution in [1.82, 2.24) is 5.32 Å². The molecule has 1 unspecified atom stereocenters. The molecule has 0 aliphatic carbocycles. The summed E-state index contributed by atoms with van der Waals surface area (Å²) in [5.74, 6) is -0.0140. The molecule has 1 heterocycles. The lowest BCUT2D eigenvalue weighted by atomic mass is 10.1. The molecule has 3 amide bonds. The van der Waals surface area contributed by atoms with E-state index in [0.29, 0.717) is 11.6 Å². The summed E-state index contributed by atoms with van der Waals surface area (Å²) in [6, 6.07) is 14.3. The highest BCUT2D eigenvalue weighted by molar-refractivity contribution is 6.30. The van der Waals surface area contributed by atoms with Crippen molar-refractivity contribution in [3.63, 3.8) is 0 Å². The first-order chi connectivity index (χ1) is 12.0. The molecule has 1 atom stereocenters. The van der Waals surface area contributed by atoms with Crippen LogP contribution >= 0.6 is 11.6 Å². The van der Waals surface area contributed by atoms with Crippen molar-refractivity contribution in [3.05, 3.63) is 59.1 Å². The van der Waals surface area contributed by atoms with Crippen LogP contribution in [0.1, 0.15) is 18.9 Å². The van der Waals surface area contributed by atoms with Crippen LogP contribution in [-0.2, 0) is 11.2 Å². The van der Waals surface area contributed by atoms with Crippen molar-refractivity contribution in [2.24, 2.45) is 0 Å². The molecular weight excluding hydrogens is 338 g/mol. The van der Waals surface area contributed by atoms with Crippen LogP contribution < -0.4 is 15.5 Å². The molecule has 2 N–H and O–H groups in total. The predicted molar refractivity (Wildman–Crippen MR) is 100 cm³/mol. The standard InChI is InChI=1S/C19H20ClN3O2/c1-2-13-3-7-15(8-4-13)21-19(25)22-16-11-18(24)23(12-16)17-9-5-14(20)6-10-17/h3-10,16H,2,11-12H2,1H3,(H2,21,22,25). The molecule has 3 rings (SSSR count). The molecule has 25 heavy (non-hydrogen) atoms. The quantitative estimate of drug-likeness (QED) is 0.873. The maximum Gasteiger partial charge on any atom is 0.319 e. The van der Waals surface area contributed by atoms with Gasteiger partial charge in [-0.3, -0.25) is 4.79 Å². The van der Waals surface area contributed by atoms with E-state index >= 15 is 0 Å². The summed E-state index contributed by atoms with van der Waals surface area (Å²) >= 11 is 5.88. The number of anilines is 2. The number of nitrogens with one attached hydrogen (secondary N) is 2. The van der Waals surface area contributed by atoms with Crippen LogP contribution in [0.4, 0.5) is 16.2 Å². The lowest BCUT2D eigenvalue weighted by Crippen LogP contribution is -2.39. The van der Waals surface area contributed by atoms with Crippen molar-refractivity contribution in [2.75, 3.05) is 16.8 Å². The van der Waals surface area contributed by atoms with Crippen LogP contribution in [0.5, 0.6) is 0 Å². The number of carbonyl (C=O) groups excluding carboxylic acids is 2. The number of nitrogens with zero attached hydrogens (tertiary/aromatic N) is 1. The highest BCUT2D eigenvalue weighted by Crippen LogP contribution is 2.23. The summed E-state index contributed by atoms with van der Waals surface area (Å²) in [7, 11) is 0. The smallest absolute Gasteiger partial charge is 0.319 e. The molecule has 0 radical (unpaired) electrons. The third kappa shape index (κ3) is 4.31. The van der Waals surface area contributed by atoms with Crippen LogP contribution in [0.25, 0.3) is 0 Å². The van der Waals surface area contributed by atoms with E-state index in [1.165, 1.54) is 5.56 Å². The minimum absolute atomic E-state index is 0.0140. The van der Waals surface area contributed by atoms with Gasteiger partial charge in [0.1, 0.15) is 0 Å². The van der Waals surface area contributed by atoms with Gasteiger partial charge in [-0.15, -0.1) is 0 Å². The Kier molecular flexibility index (Phi) is 5.24. The fourth-order valence-electron chi connectivity index (χ4n) is 2.85. The van der Waals surface area contributed by atoms with Crippen LogP contribution in [0.15, 0.2) is 48.5 Å². The van der Waals surface area contributed by atoms with Gasteiger partial charge in [0, 0.05) is 29.4 Å². The van der Waals surface area contributed by atoms with Gasteiger partial charge in [0.25, 0.3) is 0 Å². The average Bonchev–Trinajstić information content (AvgIpc) is 2.96. The van der Waals surface area contributed by atoms with Crippen LogP contribution in [0.2, 0.25) is 5.02 Å². The Balaban J connectivity index is 1.57. The molecule has 0 bridgehead atoms. The Morgan fingerprint density at radius 3 is 2.48 bits per heavy atom. The van der Waals surface area contributed by atoms with E-state index in [1.807, 2.05) is 24.3 Å². The molecule has 0 aromatic heterocycles. The van der Waals surface area contributed by atoms with Gasteiger partial charge in [-0.1, -0.05) is 30.7 Å². The summed E-state index contributed by atoms with van der Waals surface area (Å²) in [4.78, 5) is 26.0. The normalized spacial score (nSPS) is 16.8. The van der Waals surface area contributed by atoms with Crippen molar-refractivity contribution >= 4 is 34.9 Å². The van der Waals surface area contributed by atoms with Gasteiger partial charge < -0.3 is 15.5 Å². The van der Waals surface area contributed by atoms with E-state index in [9.17, 15) is 9.59 Å². The topological polar surface area (TPSA) is 61.4 Å². The Morgan fingerprint density at radius 1 is 1.16 bits per heavy atom. The van der Waals surface area contributed by atoms with E-state index in [-0.39, 0.29) is 24.4 Å². The number of benzene rings is 2. The van der Waals surface area contributed by atoms with Gasteiger partial charge in [0.2, 0.25) is 5.91 Å². The minimum Gasteiger partial charge on any atom is -0.333 e. The number of rotatable bonds is 4. The molecule has 0 saturated carbocycles. The van der Waals surface area contributed by atoms with Crippen LogP contribution in [-0.4, -0.2) is 24.5 Å². The second kappa shape index (κ2) is 7.57. The first-order valence-electron chi connectivity index (χ1n) is 8.27. The van der Waals surface area contributed by atoms with E-state index in [0.717, 1.165) is 17.8 Å². The molecule has 2 aromatic rings. The molecule has 0 spiro atoms. The Bertz CT molecular complexity index is 759. The summed E-state index contributed by atoms with van der Waals surface area (Å²) in [6.45, 7) is 2.53. The zero-order chi connectivity index (χ0) is 17.8. The van der Waals surface area contributed by atoms with Gasteiger partial charge >= 0.3 is 6.03 Å². The molecular formula is C19H20ClN3O2. The number of urea groups is 1. The zero-order valence-electron chi connectivity index (χ0n) is 14.0. The van der Waals surface area contributed by atoms with E-state index in [4.69, 9.17) is 11.6 Å². The SMILES string of the molecule is CCc1ccc(NC(=O)NC2CC(=O)N(c3ccc(Cl)cc3)C2)cc1. The highest BCUT2D eigenvalue weighted by atomic mass is 35.5. The number of aryl methyl sites for hydroxylation is 1. The van der Waals surface area contributed by atoms with Gasteiger partial charge in [0.05, 0.1) is 6.04 Å². The van der Waals surface area contributed by atoms with Crippen LogP contribution in [0, 0.1) is 0 Å². The number of amides is 3. The monoisotopic (exact) mass is 357 g/mol. The zero-order valence-corrected chi connectivity index (χ0v) is 14.7. The highest BCUT2D eigenvalue weighted by Gasteiger charge is 2.31. The fraction of sp³-hybridized carbons (Fsp3) is 0.263. The number of halogens is 1. The average molecular weight is 358 g/mol. The van der Waals surface area contributed by atoms with Crippen LogP contribution in [0.3, 0.4) is 0 Å². The lowest BCUT2D eigenvalue weighted by Gasteiger charge is -2.17. The molecule has 5 nitrogen and oxygen atoms in total. The summed E-state index contributed by atoms with van der Waals surface area (Å²) in [5, 5.41) is 6.28. The first kappa shape index (κ1) is 17.3. The summed E-state index contributed by atoms with van der Waals surface area (Å²) < 4.78 is 0. The van der Waals surface area contributed by atoms with Gasteiger partial charge in [-0.2, -0.15) is 0 Å². The van der Waals surface area contributed by atoms with Crippen molar-refractivity contribution in [1.29, 1.82) is 0 Å². The Morgan fingerprint density at radius 2 is 1.84 bits per heavy atom. The third-order valence-corrected chi connectivity index (χ3v) is 4.47. The van der Waals surface area contributed by atoms with Crippen molar-refractivity contribution < 1.29 is 9.59 Å². The van der Waals surface area contributed by atoms with E-state index in [2.05, 4.69) is 17.6 Å². The molecule has 2 aromatic carbocycles. The molecule has 6 heteroatoms. The minimum atomic E-state index is -0.306. The van der Waals surface area contributed by atoms with Crippen molar-refractivity contribution in [3.8, 4) is 0 Å². The first-order valence-corrected chi connectivity index (χ1v) is 8.65.